The third-order valence-electron chi connectivity index (χ3n) is 6.31. The summed E-state index contributed by atoms with van der Waals surface area (Å²) in [5.41, 5.74) is 0.562. The molecule has 30 heavy (non-hydrogen) atoms. The van der Waals surface area contributed by atoms with Crippen LogP contribution in [0.3, 0.4) is 0 Å². The van der Waals surface area contributed by atoms with Crippen LogP contribution in [0.1, 0.15) is 28.8 Å². The normalized spacial score (nSPS) is 24.1. The molecule has 8 nitrogen and oxygen atoms in total. The molecule has 160 valence electrons. The summed E-state index contributed by atoms with van der Waals surface area (Å²) in [4.78, 5) is 29.1. The molecule has 3 heterocycles. The lowest BCUT2D eigenvalue weighted by atomic mass is 9.89. The molecule has 0 bridgehead atoms. The van der Waals surface area contributed by atoms with Crippen molar-refractivity contribution in [1.29, 1.82) is 5.26 Å². The van der Waals surface area contributed by atoms with Crippen LogP contribution in [0.25, 0.3) is 0 Å². The molecule has 1 spiro atoms. The molecule has 2 amide bonds. The summed E-state index contributed by atoms with van der Waals surface area (Å²) in [6, 6.07) is 8.48. The molecule has 0 aliphatic carbocycles. The first-order valence-electron chi connectivity index (χ1n) is 10.5. The minimum atomic E-state index is -0.422. The predicted molar refractivity (Wildman–Crippen MR) is 109 cm³/mol. The Kier molecular flexibility index (Phi) is 6.04. The molecule has 0 radical (unpaired) electrons. The van der Waals surface area contributed by atoms with E-state index in [1.54, 1.807) is 29.2 Å². The van der Waals surface area contributed by atoms with Gasteiger partial charge in [-0.05, 0) is 44.0 Å². The smallest absolute Gasteiger partial charge is 0.254 e. The predicted octanol–water partition coefficient (Wildman–Crippen LogP) is 0.626. The number of rotatable bonds is 4. The SMILES string of the molecule is CN1CC2(CN(C(=O)c3cccc(C#N)c3)C2)OCC1C(=O)NCC1CCOCC1. The van der Waals surface area contributed by atoms with Crippen molar-refractivity contribution in [1.82, 2.24) is 15.1 Å². The summed E-state index contributed by atoms with van der Waals surface area (Å²) in [5, 5.41) is 12.1. The van der Waals surface area contributed by atoms with Gasteiger partial charge in [0.1, 0.15) is 11.6 Å². The van der Waals surface area contributed by atoms with Crippen molar-refractivity contribution in [3.63, 3.8) is 0 Å². The van der Waals surface area contributed by atoms with Gasteiger partial charge in [-0.1, -0.05) is 6.07 Å². The third kappa shape index (κ3) is 4.33. The van der Waals surface area contributed by atoms with E-state index in [9.17, 15) is 9.59 Å². The van der Waals surface area contributed by atoms with Crippen molar-refractivity contribution < 1.29 is 19.1 Å². The van der Waals surface area contributed by atoms with Gasteiger partial charge < -0.3 is 19.7 Å². The maximum atomic E-state index is 12.7. The van der Waals surface area contributed by atoms with Gasteiger partial charge in [0, 0.05) is 31.9 Å². The topological polar surface area (TPSA) is 94.9 Å². The molecule has 3 aliphatic rings. The van der Waals surface area contributed by atoms with E-state index in [0.717, 1.165) is 26.1 Å². The highest BCUT2D eigenvalue weighted by molar-refractivity contribution is 5.95. The van der Waals surface area contributed by atoms with Crippen LogP contribution in [0.5, 0.6) is 0 Å². The number of morpholine rings is 1. The number of carbonyl (C=O) groups is 2. The van der Waals surface area contributed by atoms with E-state index >= 15 is 0 Å². The lowest BCUT2D eigenvalue weighted by molar-refractivity contribution is -0.187. The van der Waals surface area contributed by atoms with Gasteiger partial charge in [-0.15, -0.1) is 0 Å². The van der Waals surface area contributed by atoms with E-state index in [1.165, 1.54) is 0 Å². The first-order valence-corrected chi connectivity index (χ1v) is 10.5. The molecule has 8 heteroatoms. The Balaban J connectivity index is 1.27. The van der Waals surface area contributed by atoms with E-state index in [0.29, 0.717) is 49.8 Å². The number of carbonyl (C=O) groups excluding carboxylic acids is 2. The molecule has 1 unspecified atom stereocenters. The van der Waals surface area contributed by atoms with Gasteiger partial charge >= 0.3 is 0 Å². The number of ether oxygens (including phenoxy) is 2. The number of likely N-dealkylation sites (tertiary alicyclic amines) is 1. The number of hydrogen-bond donors (Lipinski definition) is 1. The highest BCUT2D eigenvalue weighted by atomic mass is 16.5. The molecule has 0 aromatic heterocycles. The van der Waals surface area contributed by atoms with Gasteiger partial charge in [0.25, 0.3) is 5.91 Å². The van der Waals surface area contributed by atoms with Crippen molar-refractivity contribution in [2.45, 2.75) is 24.5 Å². The van der Waals surface area contributed by atoms with Crippen LogP contribution >= 0.6 is 0 Å². The van der Waals surface area contributed by atoms with Crippen LogP contribution in [0.4, 0.5) is 0 Å². The first-order chi connectivity index (χ1) is 14.5. The minimum absolute atomic E-state index is 0.000540. The summed E-state index contributed by atoms with van der Waals surface area (Å²) in [5.74, 6) is 0.384. The first kappa shape index (κ1) is 20.8. The molecule has 1 atom stereocenters. The zero-order valence-corrected chi connectivity index (χ0v) is 17.3. The number of nitriles is 1. The largest absolute Gasteiger partial charge is 0.381 e. The molecule has 3 saturated heterocycles. The Morgan fingerprint density at radius 3 is 2.73 bits per heavy atom. The Hall–Kier alpha value is -2.47. The van der Waals surface area contributed by atoms with Gasteiger partial charge in [0.2, 0.25) is 5.91 Å². The van der Waals surface area contributed by atoms with Crippen LogP contribution < -0.4 is 5.32 Å². The average molecular weight is 412 g/mol. The van der Waals surface area contributed by atoms with Crippen LogP contribution in [-0.2, 0) is 14.3 Å². The monoisotopic (exact) mass is 412 g/mol. The number of amides is 2. The number of nitrogens with one attached hydrogen (secondary N) is 1. The zero-order chi connectivity index (χ0) is 21.1. The summed E-state index contributed by atoms with van der Waals surface area (Å²) < 4.78 is 11.5. The fourth-order valence-corrected chi connectivity index (χ4v) is 4.47. The van der Waals surface area contributed by atoms with Gasteiger partial charge in [-0.3, -0.25) is 14.5 Å². The minimum Gasteiger partial charge on any atom is -0.381 e. The van der Waals surface area contributed by atoms with Crippen molar-refractivity contribution in [2.24, 2.45) is 5.92 Å². The van der Waals surface area contributed by atoms with E-state index in [1.807, 2.05) is 11.9 Å². The van der Waals surface area contributed by atoms with E-state index in [-0.39, 0.29) is 17.9 Å². The average Bonchev–Trinajstić information content (AvgIpc) is 2.76. The van der Waals surface area contributed by atoms with Crippen molar-refractivity contribution in [2.75, 3.05) is 53.0 Å². The second-order valence-corrected chi connectivity index (χ2v) is 8.58. The van der Waals surface area contributed by atoms with Crippen LogP contribution in [0.15, 0.2) is 24.3 Å². The van der Waals surface area contributed by atoms with Gasteiger partial charge in [-0.2, -0.15) is 5.26 Å². The maximum Gasteiger partial charge on any atom is 0.254 e. The second kappa shape index (κ2) is 8.72. The van der Waals surface area contributed by atoms with Crippen molar-refractivity contribution in [3.8, 4) is 6.07 Å². The molecule has 0 saturated carbocycles. The Morgan fingerprint density at radius 1 is 1.27 bits per heavy atom. The molecule has 4 rings (SSSR count). The maximum absolute atomic E-state index is 12.7. The number of likely N-dealkylation sites (N-methyl/N-ethyl adjacent to an activating group) is 1. The van der Waals surface area contributed by atoms with Crippen molar-refractivity contribution >= 4 is 11.8 Å². The van der Waals surface area contributed by atoms with E-state index < -0.39 is 5.60 Å². The fraction of sp³-hybridized carbons (Fsp3) is 0.591. The van der Waals surface area contributed by atoms with Crippen molar-refractivity contribution in [3.05, 3.63) is 35.4 Å². The molecule has 1 aromatic rings. The number of hydrogen-bond acceptors (Lipinski definition) is 6. The fourth-order valence-electron chi connectivity index (χ4n) is 4.47. The molecular weight excluding hydrogens is 384 g/mol. The third-order valence-corrected chi connectivity index (χ3v) is 6.31. The molecule has 1 aromatic carbocycles. The second-order valence-electron chi connectivity index (χ2n) is 8.58. The Bertz CT molecular complexity index is 840. The summed E-state index contributed by atoms with van der Waals surface area (Å²) >= 11 is 0. The highest BCUT2D eigenvalue weighted by Gasteiger charge is 2.51. The van der Waals surface area contributed by atoms with Gasteiger partial charge in [0.05, 0.1) is 31.3 Å². The Morgan fingerprint density at radius 2 is 2.03 bits per heavy atom. The molecule has 3 aliphatic heterocycles. The number of nitrogens with zero attached hydrogens (tertiary/aromatic N) is 3. The zero-order valence-electron chi connectivity index (χ0n) is 17.3. The molecule has 3 fully saturated rings. The summed E-state index contributed by atoms with van der Waals surface area (Å²) in [7, 11) is 1.93. The molecule has 1 N–H and O–H groups in total. The number of benzene rings is 1. The molecular formula is C22H28N4O4. The standard InChI is InChI=1S/C22H28N4O4/c1-25-13-22(14-26(15-22)21(28)18-4-2-3-17(9-18)10-23)30-12-19(25)20(27)24-11-16-5-7-29-8-6-16/h2-4,9,16,19H,5-8,11-15H2,1H3,(H,24,27). The lowest BCUT2D eigenvalue weighted by Crippen LogP contribution is -2.73. The quantitative estimate of drug-likeness (QED) is 0.779. The van der Waals surface area contributed by atoms with Gasteiger partial charge in [-0.25, -0.2) is 0 Å². The van der Waals surface area contributed by atoms with Crippen LogP contribution in [-0.4, -0.2) is 86.3 Å². The van der Waals surface area contributed by atoms with E-state index in [4.69, 9.17) is 14.7 Å². The van der Waals surface area contributed by atoms with Crippen LogP contribution in [0, 0.1) is 17.2 Å². The highest BCUT2D eigenvalue weighted by Crippen LogP contribution is 2.31. The summed E-state index contributed by atoms with van der Waals surface area (Å²) in [6.07, 6.45) is 1.98. The Labute approximate surface area is 176 Å². The van der Waals surface area contributed by atoms with Gasteiger partial charge in [0.15, 0.2) is 0 Å². The van der Waals surface area contributed by atoms with Crippen LogP contribution in [0.2, 0.25) is 0 Å². The summed E-state index contributed by atoms with van der Waals surface area (Å²) in [6.45, 7) is 4.12. The lowest BCUT2D eigenvalue weighted by Gasteiger charge is -2.54. The van der Waals surface area contributed by atoms with E-state index in [2.05, 4.69) is 11.4 Å².